The van der Waals surface area contributed by atoms with Crippen molar-refractivity contribution in [3.63, 3.8) is 0 Å². The predicted octanol–water partition coefficient (Wildman–Crippen LogP) is 0.885. The van der Waals surface area contributed by atoms with E-state index in [9.17, 15) is 8.42 Å². The third kappa shape index (κ3) is 5.62. The van der Waals surface area contributed by atoms with Gasteiger partial charge in [0.1, 0.15) is 23.8 Å². The summed E-state index contributed by atoms with van der Waals surface area (Å²) in [4.78, 5) is 12.4. The SMILES string of the molecule is Cc1ccnc(Nc2cc(NCCNS(C)(=O)=O)ncn2)c1. The number of hydrogen-bond donors (Lipinski definition) is 3. The van der Waals surface area contributed by atoms with Crippen LogP contribution in [0.5, 0.6) is 0 Å². The molecule has 0 aromatic carbocycles. The Balaban J connectivity index is 1.92. The molecule has 0 fully saturated rings. The molecule has 118 valence electrons. The molecule has 0 aliphatic heterocycles. The molecule has 0 spiro atoms. The van der Waals surface area contributed by atoms with Gasteiger partial charge in [-0.2, -0.15) is 0 Å². The Morgan fingerprint density at radius 3 is 2.50 bits per heavy atom. The van der Waals surface area contributed by atoms with E-state index in [4.69, 9.17) is 0 Å². The highest BCUT2D eigenvalue weighted by atomic mass is 32.2. The third-order valence-electron chi connectivity index (χ3n) is 2.63. The Bertz CT molecular complexity index is 735. The number of aromatic nitrogens is 3. The Morgan fingerprint density at radius 2 is 1.77 bits per heavy atom. The van der Waals surface area contributed by atoms with Crippen LogP contribution in [0, 0.1) is 6.92 Å². The molecule has 0 bridgehead atoms. The third-order valence-corrected chi connectivity index (χ3v) is 3.36. The van der Waals surface area contributed by atoms with Crippen LogP contribution in [0.3, 0.4) is 0 Å². The van der Waals surface area contributed by atoms with Gasteiger partial charge >= 0.3 is 0 Å². The van der Waals surface area contributed by atoms with E-state index >= 15 is 0 Å². The highest BCUT2D eigenvalue weighted by Gasteiger charge is 2.02. The summed E-state index contributed by atoms with van der Waals surface area (Å²) in [6.07, 6.45) is 4.26. The Morgan fingerprint density at radius 1 is 1.05 bits per heavy atom. The van der Waals surface area contributed by atoms with Gasteiger partial charge in [-0.05, 0) is 24.6 Å². The quantitative estimate of drug-likeness (QED) is 0.649. The molecular formula is C13H18N6O2S. The van der Waals surface area contributed by atoms with E-state index in [1.807, 2.05) is 19.1 Å². The summed E-state index contributed by atoms with van der Waals surface area (Å²) >= 11 is 0. The van der Waals surface area contributed by atoms with Crippen LogP contribution in [0.15, 0.2) is 30.7 Å². The second-order valence-electron chi connectivity index (χ2n) is 4.73. The summed E-state index contributed by atoms with van der Waals surface area (Å²) in [5.74, 6) is 1.90. The molecule has 2 heterocycles. The highest BCUT2D eigenvalue weighted by Crippen LogP contribution is 2.14. The highest BCUT2D eigenvalue weighted by molar-refractivity contribution is 7.88. The lowest BCUT2D eigenvalue weighted by Gasteiger charge is -2.08. The number of aryl methyl sites for hydroxylation is 1. The van der Waals surface area contributed by atoms with Gasteiger partial charge in [0.25, 0.3) is 0 Å². The molecule has 0 amide bonds. The Kier molecular flexibility index (Phi) is 5.23. The van der Waals surface area contributed by atoms with Crippen LogP contribution in [-0.2, 0) is 10.0 Å². The molecule has 0 atom stereocenters. The number of sulfonamides is 1. The first-order valence-electron chi connectivity index (χ1n) is 6.62. The van der Waals surface area contributed by atoms with E-state index < -0.39 is 10.0 Å². The van der Waals surface area contributed by atoms with Gasteiger partial charge in [-0.1, -0.05) is 0 Å². The van der Waals surface area contributed by atoms with E-state index in [0.717, 1.165) is 11.8 Å². The van der Waals surface area contributed by atoms with Crippen molar-refractivity contribution < 1.29 is 8.42 Å². The normalized spacial score (nSPS) is 11.2. The van der Waals surface area contributed by atoms with E-state index in [1.54, 1.807) is 12.3 Å². The van der Waals surface area contributed by atoms with Gasteiger partial charge in [-0.25, -0.2) is 28.1 Å². The van der Waals surface area contributed by atoms with Crippen molar-refractivity contribution in [3.05, 3.63) is 36.3 Å². The van der Waals surface area contributed by atoms with Gasteiger partial charge in [0.05, 0.1) is 6.26 Å². The molecule has 0 saturated carbocycles. The number of rotatable bonds is 7. The average Bonchev–Trinajstić information content (AvgIpc) is 2.43. The van der Waals surface area contributed by atoms with Crippen LogP contribution in [0.2, 0.25) is 0 Å². The van der Waals surface area contributed by atoms with Crippen LogP contribution in [0.1, 0.15) is 5.56 Å². The number of anilines is 3. The molecule has 9 heteroatoms. The predicted molar refractivity (Wildman–Crippen MR) is 85.6 cm³/mol. The zero-order valence-corrected chi connectivity index (χ0v) is 13.2. The second kappa shape index (κ2) is 7.14. The minimum atomic E-state index is -3.17. The van der Waals surface area contributed by atoms with Crippen molar-refractivity contribution in [1.29, 1.82) is 0 Å². The van der Waals surface area contributed by atoms with E-state index in [0.29, 0.717) is 24.0 Å². The zero-order chi connectivity index (χ0) is 16.0. The zero-order valence-electron chi connectivity index (χ0n) is 12.4. The van der Waals surface area contributed by atoms with Crippen molar-refractivity contribution in [3.8, 4) is 0 Å². The molecule has 0 aliphatic rings. The van der Waals surface area contributed by atoms with Crippen LogP contribution in [-0.4, -0.2) is 42.7 Å². The van der Waals surface area contributed by atoms with E-state index in [1.165, 1.54) is 6.33 Å². The molecule has 0 unspecified atom stereocenters. The van der Waals surface area contributed by atoms with Crippen molar-refractivity contribution in [1.82, 2.24) is 19.7 Å². The van der Waals surface area contributed by atoms with Gasteiger partial charge < -0.3 is 10.6 Å². The Hall–Kier alpha value is -2.26. The van der Waals surface area contributed by atoms with Crippen molar-refractivity contribution in [2.75, 3.05) is 30.0 Å². The second-order valence-corrected chi connectivity index (χ2v) is 6.56. The number of hydrogen-bond acceptors (Lipinski definition) is 7. The fourth-order valence-electron chi connectivity index (χ4n) is 1.69. The lowest BCUT2D eigenvalue weighted by molar-refractivity contribution is 0.589. The van der Waals surface area contributed by atoms with Crippen LogP contribution in [0.4, 0.5) is 17.5 Å². The topological polar surface area (TPSA) is 109 Å². The minimum absolute atomic E-state index is 0.283. The summed E-state index contributed by atoms with van der Waals surface area (Å²) in [6.45, 7) is 2.69. The molecule has 2 rings (SSSR count). The molecule has 22 heavy (non-hydrogen) atoms. The summed E-state index contributed by atoms with van der Waals surface area (Å²) in [5.41, 5.74) is 1.09. The summed E-state index contributed by atoms with van der Waals surface area (Å²) < 4.78 is 24.3. The van der Waals surface area contributed by atoms with Crippen LogP contribution in [0.25, 0.3) is 0 Å². The fourth-order valence-corrected chi connectivity index (χ4v) is 2.16. The molecular weight excluding hydrogens is 304 g/mol. The number of nitrogens with zero attached hydrogens (tertiary/aromatic N) is 3. The maximum atomic E-state index is 10.9. The van der Waals surface area contributed by atoms with Gasteiger partial charge in [0.15, 0.2) is 0 Å². The molecule has 2 aromatic rings. The first-order valence-corrected chi connectivity index (χ1v) is 8.52. The molecule has 0 radical (unpaired) electrons. The van der Waals surface area contributed by atoms with Gasteiger partial charge in [-0.3, -0.25) is 0 Å². The van der Waals surface area contributed by atoms with E-state index in [-0.39, 0.29) is 6.54 Å². The smallest absolute Gasteiger partial charge is 0.208 e. The lowest BCUT2D eigenvalue weighted by atomic mass is 10.3. The molecule has 0 saturated heterocycles. The standard InChI is InChI=1S/C13H18N6O2S/c1-10-3-4-14-12(7-10)19-13-8-11(16-9-17-13)15-5-6-18-22(2,20)21/h3-4,7-9,18H,5-6H2,1-2H3,(H2,14,15,16,17,19). The molecule has 8 nitrogen and oxygen atoms in total. The van der Waals surface area contributed by atoms with Gasteiger partial charge in [0, 0.05) is 25.4 Å². The fraction of sp³-hybridized carbons (Fsp3) is 0.308. The number of pyridine rings is 1. The summed E-state index contributed by atoms with van der Waals surface area (Å²) in [6, 6.07) is 5.54. The molecule has 3 N–H and O–H groups in total. The van der Waals surface area contributed by atoms with Crippen LogP contribution < -0.4 is 15.4 Å². The van der Waals surface area contributed by atoms with Crippen molar-refractivity contribution in [2.45, 2.75) is 6.92 Å². The first-order chi connectivity index (χ1) is 10.4. The largest absolute Gasteiger partial charge is 0.369 e. The maximum absolute atomic E-state index is 10.9. The average molecular weight is 322 g/mol. The van der Waals surface area contributed by atoms with Crippen molar-refractivity contribution >= 4 is 27.5 Å². The van der Waals surface area contributed by atoms with E-state index in [2.05, 4.69) is 30.3 Å². The summed E-state index contributed by atoms with van der Waals surface area (Å²) in [7, 11) is -3.17. The Labute approximate surface area is 129 Å². The molecule has 0 aliphatic carbocycles. The monoisotopic (exact) mass is 322 g/mol. The van der Waals surface area contributed by atoms with Crippen molar-refractivity contribution in [2.24, 2.45) is 0 Å². The lowest BCUT2D eigenvalue weighted by Crippen LogP contribution is -2.27. The number of nitrogens with one attached hydrogen (secondary N) is 3. The summed E-state index contributed by atoms with van der Waals surface area (Å²) in [5, 5.41) is 6.10. The van der Waals surface area contributed by atoms with Crippen LogP contribution >= 0.6 is 0 Å². The molecule has 2 aromatic heterocycles. The first kappa shape index (κ1) is 16.1. The van der Waals surface area contributed by atoms with Gasteiger partial charge in [-0.15, -0.1) is 0 Å². The minimum Gasteiger partial charge on any atom is -0.369 e. The maximum Gasteiger partial charge on any atom is 0.208 e. The van der Waals surface area contributed by atoms with Gasteiger partial charge in [0.2, 0.25) is 10.0 Å².